The summed E-state index contributed by atoms with van der Waals surface area (Å²) in [5.74, 6) is 0.561. The molecule has 0 atom stereocenters. The molecule has 1 aliphatic rings. The highest BCUT2D eigenvalue weighted by Crippen LogP contribution is 2.32. The van der Waals surface area contributed by atoms with E-state index in [2.05, 4.69) is 34.7 Å². The molecule has 1 aliphatic heterocycles. The molecule has 3 rings (SSSR count). The number of rotatable bonds is 4. The van der Waals surface area contributed by atoms with Crippen LogP contribution in [0.1, 0.15) is 16.5 Å². The van der Waals surface area contributed by atoms with Crippen molar-refractivity contribution >= 4 is 27.1 Å². The van der Waals surface area contributed by atoms with E-state index in [0.717, 1.165) is 23.3 Å². The first kappa shape index (κ1) is 13.0. The van der Waals surface area contributed by atoms with Crippen molar-refractivity contribution in [1.82, 2.24) is 15.5 Å². The fourth-order valence-electron chi connectivity index (χ4n) is 2.14. The second-order valence-electron chi connectivity index (χ2n) is 4.76. The molecular formula is C15H15N3OS. The van der Waals surface area contributed by atoms with Crippen LogP contribution in [0.15, 0.2) is 43.2 Å². The molecule has 2 aromatic rings. The van der Waals surface area contributed by atoms with E-state index in [-0.39, 0.29) is 5.76 Å². The maximum Gasteiger partial charge on any atom is 0.146 e. The zero-order valence-corrected chi connectivity index (χ0v) is 11.8. The molecule has 3 heterocycles. The fraction of sp³-hybridized carbons (Fsp3) is 0.200. The molecule has 102 valence electrons. The van der Waals surface area contributed by atoms with Gasteiger partial charge in [-0.1, -0.05) is 19.2 Å². The van der Waals surface area contributed by atoms with E-state index in [1.54, 1.807) is 23.5 Å². The largest absolute Gasteiger partial charge is 0.508 e. The van der Waals surface area contributed by atoms with Gasteiger partial charge in [-0.3, -0.25) is 0 Å². The second-order valence-corrected chi connectivity index (χ2v) is 5.82. The maximum absolute atomic E-state index is 9.63. The zero-order valence-electron chi connectivity index (χ0n) is 11.0. The van der Waals surface area contributed by atoms with Gasteiger partial charge in [0, 0.05) is 34.8 Å². The summed E-state index contributed by atoms with van der Waals surface area (Å²) >= 11 is 1.69. The lowest BCUT2D eigenvalue weighted by atomic mass is 10.0. The van der Waals surface area contributed by atoms with E-state index in [1.807, 2.05) is 6.07 Å². The van der Waals surface area contributed by atoms with Crippen LogP contribution in [0.5, 0.6) is 0 Å². The van der Waals surface area contributed by atoms with Gasteiger partial charge in [0.05, 0.1) is 5.69 Å². The Morgan fingerprint density at radius 1 is 1.40 bits per heavy atom. The number of nitrogens with one attached hydrogen (secondary N) is 1. The Hall–Kier alpha value is -1.98. The molecule has 0 spiro atoms. The molecule has 2 aromatic heterocycles. The predicted octanol–water partition coefficient (Wildman–Crippen LogP) is 3.02. The van der Waals surface area contributed by atoms with Gasteiger partial charge < -0.3 is 10.4 Å². The Balaban J connectivity index is 2.03. The van der Waals surface area contributed by atoms with Crippen molar-refractivity contribution in [3.63, 3.8) is 0 Å². The summed E-state index contributed by atoms with van der Waals surface area (Å²) in [6.07, 6.45) is 3.28. The van der Waals surface area contributed by atoms with Crippen molar-refractivity contribution < 1.29 is 5.11 Å². The molecule has 0 aliphatic carbocycles. The van der Waals surface area contributed by atoms with Crippen molar-refractivity contribution in [2.45, 2.75) is 5.92 Å². The predicted molar refractivity (Wildman–Crippen MR) is 83.0 cm³/mol. The highest BCUT2D eigenvalue weighted by atomic mass is 32.1. The molecule has 5 heteroatoms. The molecule has 0 amide bonds. The molecule has 20 heavy (non-hydrogen) atoms. The maximum atomic E-state index is 9.63. The molecular weight excluding hydrogens is 270 g/mol. The second kappa shape index (κ2) is 5.19. The first-order valence-corrected chi connectivity index (χ1v) is 7.20. The third-order valence-electron chi connectivity index (χ3n) is 3.36. The number of hydrogen-bond donors (Lipinski definition) is 2. The lowest BCUT2D eigenvalue weighted by Gasteiger charge is -2.25. The van der Waals surface area contributed by atoms with Crippen molar-refractivity contribution in [3.05, 3.63) is 53.8 Å². The topological polar surface area (TPSA) is 58.0 Å². The molecule has 0 aromatic carbocycles. The van der Waals surface area contributed by atoms with E-state index in [4.69, 9.17) is 0 Å². The number of allylic oxidation sites excluding steroid dienone is 3. The van der Waals surface area contributed by atoms with Crippen molar-refractivity contribution in [1.29, 1.82) is 0 Å². The van der Waals surface area contributed by atoms with E-state index in [0.29, 0.717) is 17.2 Å². The summed E-state index contributed by atoms with van der Waals surface area (Å²) < 4.78 is 0. The average Bonchev–Trinajstić information content (AvgIpc) is 2.75. The Morgan fingerprint density at radius 2 is 2.20 bits per heavy atom. The third-order valence-corrected chi connectivity index (χ3v) is 4.55. The SMILES string of the molecule is C=C/C=C(\C(=C)O)c1cc2cc(C3CNC3)sc2nn1. The summed E-state index contributed by atoms with van der Waals surface area (Å²) in [5.41, 5.74) is 1.16. The van der Waals surface area contributed by atoms with Gasteiger partial charge in [0.25, 0.3) is 0 Å². The van der Waals surface area contributed by atoms with Crippen molar-refractivity contribution in [3.8, 4) is 0 Å². The van der Waals surface area contributed by atoms with Gasteiger partial charge in [-0.2, -0.15) is 0 Å². The first-order chi connectivity index (χ1) is 9.69. The smallest absolute Gasteiger partial charge is 0.146 e. The molecule has 0 unspecified atom stereocenters. The van der Waals surface area contributed by atoms with Crippen LogP contribution in [-0.2, 0) is 0 Å². The average molecular weight is 285 g/mol. The quantitative estimate of drug-likeness (QED) is 0.669. The molecule has 2 N–H and O–H groups in total. The number of nitrogens with zero attached hydrogens (tertiary/aromatic N) is 2. The lowest BCUT2D eigenvalue weighted by Crippen LogP contribution is -2.39. The minimum Gasteiger partial charge on any atom is -0.508 e. The minimum absolute atomic E-state index is 0.0304. The Bertz CT molecular complexity index is 713. The van der Waals surface area contributed by atoms with Crippen LogP contribution in [0, 0.1) is 0 Å². The molecule has 0 saturated carbocycles. The van der Waals surface area contributed by atoms with Crippen LogP contribution in [0.3, 0.4) is 0 Å². The van der Waals surface area contributed by atoms with Gasteiger partial charge in [0.15, 0.2) is 0 Å². The van der Waals surface area contributed by atoms with Crippen molar-refractivity contribution in [2.75, 3.05) is 13.1 Å². The van der Waals surface area contributed by atoms with Crippen LogP contribution >= 0.6 is 11.3 Å². The summed E-state index contributed by atoms with van der Waals surface area (Å²) in [5, 5.41) is 22.4. The lowest BCUT2D eigenvalue weighted by molar-refractivity contribution is 0.440. The van der Waals surface area contributed by atoms with Crippen molar-refractivity contribution in [2.24, 2.45) is 0 Å². The fourth-order valence-corrected chi connectivity index (χ4v) is 3.20. The van der Waals surface area contributed by atoms with Gasteiger partial charge in [-0.25, -0.2) is 0 Å². The van der Waals surface area contributed by atoms with E-state index >= 15 is 0 Å². The summed E-state index contributed by atoms with van der Waals surface area (Å²) in [7, 11) is 0. The van der Waals surface area contributed by atoms with Crippen LogP contribution in [0.25, 0.3) is 15.8 Å². The number of fused-ring (bicyclic) bond motifs is 1. The number of aliphatic hydroxyl groups is 1. The van der Waals surface area contributed by atoms with E-state index < -0.39 is 0 Å². The first-order valence-electron chi connectivity index (χ1n) is 6.38. The Morgan fingerprint density at radius 3 is 2.80 bits per heavy atom. The molecule has 0 radical (unpaired) electrons. The van der Waals surface area contributed by atoms with Gasteiger partial charge in [-0.15, -0.1) is 21.5 Å². The van der Waals surface area contributed by atoms with Gasteiger partial charge >= 0.3 is 0 Å². The van der Waals surface area contributed by atoms with Gasteiger partial charge in [-0.05, 0) is 18.2 Å². The molecule has 1 fully saturated rings. The number of hydrogen-bond acceptors (Lipinski definition) is 5. The molecule has 1 saturated heterocycles. The van der Waals surface area contributed by atoms with Crippen LogP contribution in [0.4, 0.5) is 0 Å². The molecule has 0 bridgehead atoms. The van der Waals surface area contributed by atoms with E-state index in [1.165, 1.54) is 4.88 Å². The van der Waals surface area contributed by atoms with Crippen LogP contribution in [0.2, 0.25) is 0 Å². The number of aliphatic hydroxyl groups excluding tert-OH is 1. The number of aromatic nitrogens is 2. The summed E-state index contributed by atoms with van der Waals surface area (Å²) in [6.45, 7) is 9.25. The summed E-state index contributed by atoms with van der Waals surface area (Å²) in [6, 6.07) is 4.10. The van der Waals surface area contributed by atoms with Gasteiger partial charge in [0.2, 0.25) is 0 Å². The third kappa shape index (κ3) is 2.26. The highest BCUT2D eigenvalue weighted by Gasteiger charge is 2.21. The number of thiophene rings is 1. The highest BCUT2D eigenvalue weighted by molar-refractivity contribution is 7.18. The van der Waals surface area contributed by atoms with E-state index in [9.17, 15) is 5.11 Å². The van der Waals surface area contributed by atoms with Crippen LogP contribution < -0.4 is 5.32 Å². The normalized spacial score (nSPS) is 16.1. The zero-order chi connectivity index (χ0) is 14.1. The summed E-state index contributed by atoms with van der Waals surface area (Å²) in [4.78, 5) is 2.26. The Labute approximate surface area is 121 Å². The minimum atomic E-state index is -0.0304. The van der Waals surface area contributed by atoms with Crippen LogP contribution in [-0.4, -0.2) is 28.4 Å². The molecule has 4 nitrogen and oxygen atoms in total. The van der Waals surface area contributed by atoms with Gasteiger partial charge in [0.1, 0.15) is 10.6 Å². The monoisotopic (exact) mass is 285 g/mol. The standard InChI is InChI=1S/C15H15N3OS/c1-3-4-12(9(2)19)13-5-10-6-14(11-7-16-8-11)20-15(10)18-17-13/h3-6,11,16,19H,1-2,7-8H2/b12-4+. The Kier molecular flexibility index (Phi) is 3.38.